The van der Waals surface area contributed by atoms with Gasteiger partial charge in [-0.3, -0.25) is 5.41 Å². The fourth-order valence-corrected chi connectivity index (χ4v) is 1.65. The van der Waals surface area contributed by atoms with Gasteiger partial charge in [0.05, 0.1) is 17.7 Å². The number of nitrogens with two attached hydrogens (primary N) is 1. The van der Waals surface area contributed by atoms with Crippen LogP contribution in [0.1, 0.15) is 19.4 Å². The van der Waals surface area contributed by atoms with E-state index in [9.17, 15) is 0 Å². The van der Waals surface area contributed by atoms with Crippen LogP contribution in [0.4, 0.5) is 0 Å². The van der Waals surface area contributed by atoms with Crippen LogP contribution in [0.3, 0.4) is 0 Å². The third kappa shape index (κ3) is 2.59. The number of nitrogens with one attached hydrogen (secondary N) is 1. The van der Waals surface area contributed by atoms with Gasteiger partial charge in [-0.15, -0.1) is 0 Å². The minimum Gasteiger partial charge on any atom is -0.477 e. The molecule has 4 nitrogen and oxygen atoms in total. The Morgan fingerprint density at radius 1 is 1.39 bits per heavy atom. The van der Waals surface area contributed by atoms with Crippen LogP contribution in [0.15, 0.2) is 30.3 Å². The van der Waals surface area contributed by atoms with Crippen LogP contribution in [-0.2, 0) is 0 Å². The quantitative estimate of drug-likeness (QED) is 0.640. The summed E-state index contributed by atoms with van der Waals surface area (Å²) in [4.78, 5) is 4.43. The van der Waals surface area contributed by atoms with Gasteiger partial charge in [0, 0.05) is 5.39 Å². The number of nitrogen functional groups attached to an aromatic ring is 1. The van der Waals surface area contributed by atoms with Crippen molar-refractivity contribution >= 4 is 16.7 Å². The molecule has 0 aliphatic carbocycles. The highest BCUT2D eigenvalue weighted by Crippen LogP contribution is 2.22. The summed E-state index contributed by atoms with van der Waals surface area (Å²) in [5.41, 5.74) is 6.97. The van der Waals surface area contributed by atoms with E-state index in [1.165, 1.54) is 0 Å². The lowest BCUT2D eigenvalue weighted by Crippen LogP contribution is -2.15. The van der Waals surface area contributed by atoms with Crippen molar-refractivity contribution < 1.29 is 4.74 Å². The standard InChI is InChI=1S/C14H17N3O/c1-9(2)8-18-14-11(13(15)16)7-10-5-3-4-6-12(10)17-14/h3-7,9H,8H2,1-2H3,(H3,15,16). The molecular weight excluding hydrogens is 226 g/mol. The number of aromatic nitrogens is 1. The molecule has 94 valence electrons. The molecule has 3 N–H and O–H groups in total. The lowest BCUT2D eigenvalue weighted by molar-refractivity contribution is 0.261. The fraction of sp³-hybridized carbons (Fsp3) is 0.286. The van der Waals surface area contributed by atoms with Crippen LogP contribution in [0, 0.1) is 11.3 Å². The molecule has 1 aromatic carbocycles. The summed E-state index contributed by atoms with van der Waals surface area (Å²) in [5.74, 6) is 0.819. The molecule has 18 heavy (non-hydrogen) atoms. The number of rotatable bonds is 4. The Bertz CT molecular complexity index is 578. The SMILES string of the molecule is CC(C)COc1nc2ccccc2cc1C(=N)N. The van der Waals surface area contributed by atoms with Gasteiger partial charge in [0.1, 0.15) is 5.84 Å². The fourth-order valence-electron chi connectivity index (χ4n) is 1.65. The van der Waals surface area contributed by atoms with Gasteiger partial charge in [0.2, 0.25) is 5.88 Å². The highest BCUT2D eigenvalue weighted by molar-refractivity contribution is 6.00. The van der Waals surface area contributed by atoms with Crippen molar-refractivity contribution in [3.63, 3.8) is 0 Å². The first-order valence-electron chi connectivity index (χ1n) is 5.95. The Hall–Kier alpha value is -2.10. The van der Waals surface area contributed by atoms with E-state index >= 15 is 0 Å². The van der Waals surface area contributed by atoms with E-state index in [0.29, 0.717) is 24.0 Å². The molecule has 4 heteroatoms. The minimum absolute atomic E-state index is 0.0213. The van der Waals surface area contributed by atoms with Gasteiger partial charge in [0.15, 0.2) is 0 Å². The number of para-hydroxylation sites is 1. The van der Waals surface area contributed by atoms with Crippen molar-refractivity contribution in [2.45, 2.75) is 13.8 Å². The van der Waals surface area contributed by atoms with Crippen molar-refractivity contribution in [3.05, 3.63) is 35.9 Å². The number of benzene rings is 1. The van der Waals surface area contributed by atoms with Gasteiger partial charge in [-0.1, -0.05) is 32.0 Å². The average molecular weight is 243 g/mol. The number of hydrogen-bond acceptors (Lipinski definition) is 3. The number of nitrogens with zero attached hydrogens (tertiary/aromatic N) is 1. The molecule has 0 fully saturated rings. The van der Waals surface area contributed by atoms with E-state index in [1.54, 1.807) is 0 Å². The van der Waals surface area contributed by atoms with Gasteiger partial charge >= 0.3 is 0 Å². The summed E-state index contributed by atoms with van der Waals surface area (Å²) in [6, 6.07) is 9.57. The molecule has 0 radical (unpaired) electrons. The Labute approximate surface area is 106 Å². The number of fused-ring (bicyclic) bond motifs is 1. The number of ether oxygens (including phenoxy) is 1. The minimum atomic E-state index is -0.0213. The van der Waals surface area contributed by atoms with Gasteiger partial charge in [-0.2, -0.15) is 0 Å². The maximum absolute atomic E-state index is 7.60. The second-order valence-electron chi connectivity index (χ2n) is 4.65. The molecule has 0 saturated heterocycles. The Morgan fingerprint density at radius 3 is 2.78 bits per heavy atom. The van der Waals surface area contributed by atoms with Gasteiger partial charge < -0.3 is 10.5 Å². The van der Waals surface area contributed by atoms with E-state index in [1.807, 2.05) is 30.3 Å². The van der Waals surface area contributed by atoms with Gasteiger partial charge in [-0.25, -0.2) is 4.98 Å². The van der Waals surface area contributed by atoms with Gasteiger partial charge in [0.25, 0.3) is 0 Å². The zero-order valence-corrected chi connectivity index (χ0v) is 10.6. The van der Waals surface area contributed by atoms with Crippen LogP contribution in [0.5, 0.6) is 5.88 Å². The number of hydrogen-bond donors (Lipinski definition) is 2. The smallest absolute Gasteiger partial charge is 0.225 e. The lowest BCUT2D eigenvalue weighted by Gasteiger charge is -2.12. The van der Waals surface area contributed by atoms with E-state index in [2.05, 4.69) is 18.8 Å². The zero-order valence-electron chi connectivity index (χ0n) is 10.6. The summed E-state index contributed by atoms with van der Waals surface area (Å²) >= 11 is 0. The third-order valence-corrected chi connectivity index (χ3v) is 2.53. The van der Waals surface area contributed by atoms with Crippen molar-refractivity contribution in [2.24, 2.45) is 11.7 Å². The Morgan fingerprint density at radius 2 is 2.11 bits per heavy atom. The molecule has 0 bridgehead atoms. The summed E-state index contributed by atoms with van der Waals surface area (Å²) in [7, 11) is 0. The first-order valence-corrected chi connectivity index (χ1v) is 5.95. The van der Waals surface area contributed by atoms with Crippen molar-refractivity contribution in [2.75, 3.05) is 6.61 Å². The van der Waals surface area contributed by atoms with Gasteiger partial charge in [-0.05, 0) is 18.1 Å². The molecule has 2 aromatic rings. The molecule has 0 unspecified atom stereocenters. The number of pyridine rings is 1. The first-order chi connectivity index (χ1) is 8.58. The predicted molar refractivity (Wildman–Crippen MR) is 73.1 cm³/mol. The Balaban J connectivity index is 2.47. The average Bonchev–Trinajstić information content (AvgIpc) is 2.35. The lowest BCUT2D eigenvalue weighted by atomic mass is 10.1. The van der Waals surface area contributed by atoms with Crippen molar-refractivity contribution in [1.82, 2.24) is 4.98 Å². The molecule has 2 rings (SSSR count). The Kier molecular flexibility index (Phi) is 3.46. The molecule has 0 atom stereocenters. The van der Waals surface area contributed by atoms with Crippen LogP contribution in [-0.4, -0.2) is 17.4 Å². The number of amidine groups is 1. The highest BCUT2D eigenvalue weighted by atomic mass is 16.5. The molecule has 0 aliphatic rings. The van der Waals surface area contributed by atoms with Crippen molar-refractivity contribution in [1.29, 1.82) is 5.41 Å². The molecule has 1 aromatic heterocycles. The molecule has 0 saturated carbocycles. The first kappa shape index (κ1) is 12.4. The molecule has 0 spiro atoms. The van der Waals surface area contributed by atoms with Crippen LogP contribution >= 0.6 is 0 Å². The van der Waals surface area contributed by atoms with Crippen LogP contribution in [0.2, 0.25) is 0 Å². The molecule has 0 aliphatic heterocycles. The highest BCUT2D eigenvalue weighted by Gasteiger charge is 2.11. The molecule has 0 amide bonds. The second-order valence-corrected chi connectivity index (χ2v) is 4.65. The van der Waals surface area contributed by atoms with E-state index in [-0.39, 0.29) is 5.84 Å². The normalized spacial score (nSPS) is 10.8. The molecular formula is C14H17N3O. The summed E-state index contributed by atoms with van der Waals surface area (Å²) in [6.45, 7) is 4.69. The summed E-state index contributed by atoms with van der Waals surface area (Å²) < 4.78 is 5.64. The topological polar surface area (TPSA) is 72.0 Å². The summed E-state index contributed by atoms with van der Waals surface area (Å²) in [5, 5.41) is 8.55. The monoisotopic (exact) mass is 243 g/mol. The van der Waals surface area contributed by atoms with E-state index < -0.39 is 0 Å². The molecule has 1 heterocycles. The maximum Gasteiger partial charge on any atom is 0.225 e. The van der Waals surface area contributed by atoms with Crippen LogP contribution in [0.25, 0.3) is 10.9 Å². The van der Waals surface area contributed by atoms with E-state index in [0.717, 1.165) is 10.9 Å². The predicted octanol–water partition coefficient (Wildman–Crippen LogP) is 2.55. The largest absolute Gasteiger partial charge is 0.477 e. The maximum atomic E-state index is 7.60. The summed E-state index contributed by atoms with van der Waals surface area (Å²) in [6.07, 6.45) is 0. The zero-order chi connectivity index (χ0) is 13.1. The van der Waals surface area contributed by atoms with Crippen molar-refractivity contribution in [3.8, 4) is 5.88 Å². The van der Waals surface area contributed by atoms with Crippen LogP contribution < -0.4 is 10.5 Å². The second kappa shape index (κ2) is 5.04. The van der Waals surface area contributed by atoms with E-state index in [4.69, 9.17) is 15.9 Å². The third-order valence-electron chi connectivity index (χ3n) is 2.53.